The van der Waals surface area contributed by atoms with Gasteiger partial charge in [0.15, 0.2) is 0 Å². The maximum Gasteiger partial charge on any atom is 0.0558 e. The van der Waals surface area contributed by atoms with Crippen LogP contribution >= 0.6 is 0 Å². The summed E-state index contributed by atoms with van der Waals surface area (Å²) in [5.74, 6) is 0.707. The first-order valence-corrected chi connectivity index (χ1v) is 5.46. The minimum Gasteiger partial charge on any atom is -0.395 e. The van der Waals surface area contributed by atoms with Crippen molar-refractivity contribution in [1.82, 2.24) is 4.90 Å². The van der Waals surface area contributed by atoms with Crippen LogP contribution in [0.2, 0.25) is 0 Å². The lowest BCUT2D eigenvalue weighted by Crippen LogP contribution is -2.34. The summed E-state index contributed by atoms with van der Waals surface area (Å²) in [5, 5.41) is 17.7. The molecule has 2 N–H and O–H groups in total. The summed E-state index contributed by atoms with van der Waals surface area (Å²) in [6.07, 6.45) is 8.04. The van der Waals surface area contributed by atoms with E-state index in [1.165, 1.54) is 12.8 Å². The largest absolute Gasteiger partial charge is 0.395 e. The molecule has 0 spiro atoms. The molecule has 1 rings (SSSR count). The van der Waals surface area contributed by atoms with Crippen LogP contribution in [0.15, 0.2) is 12.2 Å². The van der Waals surface area contributed by atoms with Crippen LogP contribution in [-0.2, 0) is 0 Å². The Morgan fingerprint density at radius 3 is 2.36 bits per heavy atom. The van der Waals surface area contributed by atoms with Crippen molar-refractivity contribution in [2.45, 2.75) is 19.3 Å². The average molecular weight is 199 g/mol. The number of allylic oxidation sites excluding steroid dienone is 2. The fourth-order valence-corrected chi connectivity index (χ4v) is 1.96. The lowest BCUT2D eigenvalue weighted by Gasteiger charge is -2.26. The highest BCUT2D eigenvalue weighted by Crippen LogP contribution is 2.18. The third-order valence-corrected chi connectivity index (χ3v) is 2.73. The Morgan fingerprint density at radius 2 is 1.86 bits per heavy atom. The second-order valence-corrected chi connectivity index (χ2v) is 3.90. The molecule has 0 aliphatic heterocycles. The highest BCUT2D eigenvalue weighted by molar-refractivity contribution is 4.90. The zero-order chi connectivity index (χ0) is 10.2. The number of hydrogen-bond acceptors (Lipinski definition) is 3. The maximum absolute atomic E-state index is 8.86. The van der Waals surface area contributed by atoms with Gasteiger partial charge >= 0.3 is 0 Å². The Morgan fingerprint density at radius 1 is 1.14 bits per heavy atom. The van der Waals surface area contributed by atoms with Gasteiger partial charge in [-0.3, -0.25) is 4.90 Å². The number of rotatable bonds is 6. The molecule has 0 aromatic heterocycles. The zero-order valence-electron chi connectivity index (χ0n) is 8.73. The van der Waals surface area contributed by atoms with Crippen LogP contribution in [-0.4, -0.2) is 48.0 Å². The van der Waals surface area contributed by atoms with E-state index in [4.69, 9.17) is 10.2 Å². The van der Waals surface area contributed by atoms with Crippen molar-refractivity contribution in [1.29, 1.82) is 0 Å². The number of hydrogen-bond donors (Lipinski definition) is 2. The molecule has 0 aromatic rings. The van der Waals surface area contributed by atoms with Gasteiger partial charge in [-0.15, -0.1) is 0 Å². The number of aliphatic hydroxyl groups is 2. The zero-order valence-corrected chi connectivity index (χ0v) is 8.73. The molecule has 3 nitrogen and oxygen atoms in total. The first-order valence-electron chi connectivity index (χ1n) is 5.46. The Hall–Kier alpha value is -0.380. The van der Waals surface area contributed by atoms with Crippen LogP contribution < -0.4 is 0 Å². The van der Waals surface area contributed by atoms with Crippen LogP contribution in [0.4, 0.5) is 0 Å². The normalized spacial score (nSPS) is 21.8. The predicted molar refractivity (Wildman–Crippen MR) is 57.1 cm³/mol. The van der Waals surface area contributed by atoms with E-state index in [2.05, 4.69) is 17.1 Å². The van der Waals surface area contributed by atoms with Crippen LogP contribution in [0.1, 0.15) is 19.3 Å². The molecule has 14 heavy (non-hydrogen) atoms. The van der Waals surface area contributed by atoms with Gasteiger partial charge in [0, 0.05) is 19.6 Å². The number of nitrogens with zero attached hydrogens (tertiary/aromatic N) is 1. The molecule has 82 valence electrons. The molecule has 3 heteroatoms. The summed E-state index contributed by atoms with van der Waals surface area (Å²) >= 11 is 0. The predicted octanol–water partition coefficient (Wildman–Crippen LogP) is 0.629. The van der Waals surface area contributed by atoms with Gasteiger partial charge in [-0.05, 0) is 25.2 Å². The SMILES string of the molecule is OCCN(CCO)C[C@H]1CC=CCC1. The van der Waals surface area contributed by atoms with E-state index in [1.54, 1.807) is 0 Å². The van der Waals surface area contributed by atoms with Gasteiger partial charge in [0.25, 0.3) is 0 Å². The maximum atomic E-state index is 8.86. The van der Waals surface area contributed by atoms with E-state index in [0.29, 0.717) is 19.0 Å². The molecule has 0 fully saturated rings. The third kappa shape index (κ3) is 4.22. The Labute approximate surface area is 86.0 Å². The fraction of sp³-hybridized carbons (Fsp3) is 0.818. The van der Waals surface area contributed by atoms with Gasteiger partial charge in [0.05, 0.1) is 13.2 Å². The first-order chi connectivity index (χ1) is 6.86. The van der Waals surface area contributed by atoms with E-state index < -0.39 is 0 Å². The molecule has 0 saturated carbocycles. The van der Waals surface area contributed by atoms with Gasteiger partial charge in [-0.25, -0.2) is 0 Å². The second kappa shape index (κ2) is 6.98. The average Bonchev–Trinajstić information content (AvgIpc) is 2.20. The molecule has 0 bridgehead atoms. The smallest absolute Gasteiger partial charge is 0.0558 e. The fourth-order valence-electron chi connectivity index (χ4n) is 1.96. The van der Waals surface area contributed by atoms with Gasteiger partial charge in [0.2, 0.25) is 0 Å². The highest BCUT2D eigenvalue weighted by Gasteiger charge is 2.13. The van der Waals surface area contributed by atoms with E-state index in [0.717, 1.165) is 13.0 Å². The van der Waals surface area contributed by atoms with E-state index in [9.17, 15) is 0 Å². The Kier molecular flexibility index (Phi) is 5.83. The Balaban J connectivity index is 2.26. The van der Waals surface area contributed by atoms with Crippen molar-refractivity contribution >= 4 is 0 Å². The molecule has 0 radical (unpaired) electrons. The van der Waals surface area contributed by atoms with Gasteiger partial charge in [0.1, 0.15) is 0 Å². The van der Waals surface area contributed by atoms with Crippen molar-refractivity contribution in [2.24, 2.45) is 5.92 Å². The number of aliphatic hydroxyl groups excluding tert-OH is 2. The lowest BCUT2D eigenvalue weighted by molar-refractivity contribution is 0.142. The van der Waals surface area contributed by atoms with Crippen LogP contribution in [0, 0.1) is 5.92 Å². The van der Waals surface area contributed by atoms with Crippen molar-refractivity contribution in [2.75, 3.05) is 32.8 Å². The summed E-state index contributed by atoms with van der Waals surface area (Å²) in [5.41, 5.74) is 0. The van der Waals surface area contributed by atoms with Crippen LogP contribution in [0.25, 0.3) is 0 Å². The summed E-state index contributed by atoms with van der Waals surface area (Å²) in [6.45, 7) is 2.73. The monoisotopic (exact) mass is 199 g/mol. The van der Waals surface area contributed by atoms with E-state index in [1.807, 2.05) is 0 Å². The first kappa shape index (κ1) is 11.7. The molecule has 0 heterocycles. The van der Waals surface area contributed by atoms with Crippen LogP contribution in [0.3, 0.4) is 0 Å². The molecule has 0 unspecified atom stereocenters. The van der Waals surface area contributed by atoms with Crippen molar-refractivity contribution < 1.29 is 10.2 Å². The minimum atomic E-state index is 0.183. The summed E-state index contributed by atoms with van der Waals surface area (Å²) in [7, 11) is 0. The van der Waals surface area contributed by atoms with E-state index >= 15 is 0 Å². The standard InChI is InChI=1S/C11H21NO2/c13-8-6-12(7-9-14)10-11-4-2-1-3-5-11/h1-2,11,13-14H,3-10H2/t11-/m0/s1. The second-order valence-electron chi connectivity index (χ2n) is 3.90. The van der Waals surface area contributed by atoms with Crippen molar-refractivity contribution in [3.63, 3.8) is 0 Å². The quantitative estimate of drug-likeness (QED) is 0.617. The Bertz CT molecular complexity index is 165. The van der Waals surface area contributed by atoms with E-state index in [-0.39, 0.29) is 13.2 Å². The molecule has 0 aromatic carbocycles. The molecule has 1 atom stereocenters. The van der Waals surface area contributed by atoms with Gasteiger partial charge in [-0.2, -0.15) is 0 Å². The van der Waals surface area contributed by atoms with Crippen molar-refractivity contribution in [3.8, 4) is 0 Å². The molecular weight excluding hydrogens is 178 g/mol. The summed E-state index contributed by atoms with van der Waals surface area (Å²) in [4.78, 5) is 2.14. The highest BCUT2D eigenvalue weighted by atomic mass is 16.3. The summed E-state index contributed by atoms with van der Waals surface area (Å²) in [6, 6.07) is 0. The van der Waals surface area contributed by atoms with Crippen LogP contribution in [0.5, 0.6) is 0 Å². The van der Waals surface area contributed by atoms with Gasteiger partial charge < -0.3 is 10.2 Å². The molecule has 1 aliphatic rings. The molecule has 1 aliphatic carbocycles. The minimum absolute atomic E-state index is 0.183. The molecule has 0 saturated heterocycles. The molecule has 0 amide bonds. The van der Waals surface area contributed by atoms with Gasteiger partial charge in [-0.1, -0.05) is 12.2 Å². The lowest BCUT2D eigenvalue weighted by atomic mass is 9.94. The molecular formula is C11H21NO2. The summed E-state index contributed by atoms with van der Waals surface area (Å²) < 4.78 is 0. The topological polar surface area (TPSA) is 43.7 Å². The third-order valence-electron chi connectivity index (χ3n) is 2.73. The van der Waals surface area contributed by atoms with Crippen molar-refractivity contribution in [3.05, 3.63) is 12.2 Å².